The second-order valence-electron chi connectivity index (χ2n) is 3.79. The number of benzene rings is 2. The maximum atomic E-state index is 8.60. The monoisotopic (exact) mass is 267 g/mol. The molecular formula is C15H10ClN3. The minimum absolute atomic E-state index is 0.484. The predicted octanol–water partition coefficient (Wildman–Crippen LogP) is 4.74. The van der Waals surface area contributed by atoms with E-state index in [0.717, 1.165) is 11.1 Å². The van der Waals surface area contributed by atoms with Crippen molar-refractivity contribution in [2.45, 2.75) is 6.04 Å². The molecule has 0 amide bonds. The third-order valence-corrected chi connectivity index (χ3v) is 2.73. The lowest BCUT2D eigenvalue weighted by molar-refractivity contribution is 0.929. The first-order chi connectivity index (χ1) is 9.29. The zero-order valence-electron chi connectivity index (χ0n) is 9.99. The molecule has 0 aromatic heterocycles. The first-order valence-corrected chi connectivity index (χ1v) is 6.03. The van der Waals surface area contributed by atoms with Gasteiger partial charge in [0.25, 0.3) is 0 Å². The Labute approximate surface area is 116 Å². The molecule has 19 heavy (non-hydrogen) atoms. The lowest BCUT2D eigenvalue weighted by Gasteiger charge is -2.02. The van der Waals surface area contributed by atoms with E-state index in [9.17, 15) is 0 Å². The summed E-state index contributed by atoms with van der Waals surface area (Å²) in [5, 5.41) is 4.37. The summed E-state index contributed by atoms with van der Waals surface area (Å²) >= 11 is 5.81. The summed E-state index contributed by atoms with van der Waals surface area (Å²) in [5.41, 5.74) is 10.3. The number of nitrogens with zero attached hydrogens (tertiary/aromatic N) is 3. The molecule has 0 saturated heterocycles. The van der Waals surface area contributed by atoms with Crippen molar-refractivity contribution < 1.29 is 0 Å². The van der Waals surface area contributed by atoms with Gasteiger partial charge in [-0.15, -0.1) is 0 Å². The van der Waals surface area contributed by atoms with Gasteiger partial charge in [-0.25, -0.2) is 0 Å². The highest BCUT2D eigenvalue weighted by molar-refractivity contribution is 6.30. The molecular weight excluding hydrogens is 258 g/mol. The van der Waals surface area contributed by atoms with Crippen LogP contribution in [-0.2, 0) is 0 Å². The third-order valence-electron chi connectivity index (χ3n) is 2.48. The van der Waals surface area contributed by atoms with Crippen LogP contribution >= 0.6 is 11.6 Å². The average Bonchev–Trinajstić information content (AvgIpc) is 2.46. The molecule has 0 aliphatic rings. The van der Waals surface area contributed by atoms with Crippen molar-refractivity contribution in [2.24, 2.45) is 5.11 Å². The Kier molecular flexibility index (Phi) is 4.47. The molecule has 4 heteroatoms. The summed E-state index contributed by atoms with van der Waals surface area (Å²) < 4.78 is 0. The van der Waals surface area contributed by atoms with Crippen molar-refractivity contribution >= 4 is 11.6 Å². The zero-order valence-corrected chi connectivity index (χ0v) is 10.7. The normalized spacial score (nSPS) is 10.8. The van der Waals surface area contributed by atoms with Crippen LogP contribution in [0.1, 0.15) is 17.2 Å². The number of hydrogen-bond donors (Lipinski definition) is 0. The number of rotatable bonds is 2. The first kappa shape index (κ1) is 13.0. The minimum atomic E-state index is -0.484. The Morgan fingerprint density at radius 1 is 1.05 bits per heavy atom. The van der Waals surface area contributed by atoms with Crippen molar-refractivity contribution in [3.63, 3.8) is 0 Å². The van der Waals surface area contributed by atoms with Crippen molar-refractivity contribution in [1.29, 1.82) is 0 Å². The van der Waals surface area contributed by atoms with E-state index in [1.165, 1.54) is 0 Å². The smallest absolute Gasteiger partial charge is 0.0843 e. The number of halogens is 1. The van der Waals surface area contributed by atoms with Crippen LogP contribution in [0.3, 0.4) is 0 Å². The van der Waals surface area contributed by atoms with E-state index in [1.54, 1.807) is 12.1 Å². The topological polar surface area (TPSA) is 48.8 Å². The molecule has 0 spiro atoms. The Hall–Kier alpha value is -2.40. The number of azide groups is 1. The van der Waals surface area contributed by atoms with Gasteiger partial charge in [0.1, 0.15) is 6.04 Å². The molecule has 0 radical (unpaired) electrons. The molecule has 2 aromatic rings. The number of hydrogen-bond acceptors (Lipinski definition) is 1. The molecule has 0 heterocycles. The van der Waals surface area contributed by atoms with E-state index in [2.05, 4.69) is 21.9 Å². The largest absolute Gasteiger partial charge is 0.124 e. The van der Waals surface area contributed by atoms with Gasteiger partial charge in [0.05, 0.1) is 0 Å². The third kappa shape index (κ3) is 3.79. The highest BCUT2D eigenvalue weighted by Crippen LogP contribution is 2.16. The van der Waals surface area contributed by atoms with E-state index in [0.29, 0.717) is 5.02 Å². The zero-order chi connectivity index (χ0) is 13.5. The molecule has 2 rings (SSSR count). The predicted molar refractivity (Wildman–Crippen MR) is 76.7 cm³/mol. The summed E-state index contributed by atoms with van der Waals surface area (Å²) in [6, 6.07) is 16.2. The molecule has 0 N–H and O–H groups in total. The van der Waals surface area contributed by atoms with Gasteiger partial charge in [0, 0.05) is 15.5 Å². The van der Waals surface area contributed by atoms with Crippen LogP contribution in [0.4, 0.5) is 0 Å². The first-order valence-electron chi connectivity index (χ1n) is 5.66. The molecule has 0 aliphatic heterocycles. The van der Waals surface area contributed by atoms with Gasteiger partial charge in [-0.1, -0.05) is 58.9 Å². The van der Waals surface area contributed by atoms with Crippen LogP contribution in [0.5, 0.6) is 0 Å². The van der Waals surface area contributed by atoms with Gasteiger partial charge in [0.2, 0.25) is 0 Å². The van der Waals surface area contributed by atoms with Crippen LogP contribution in [0, 0.1) is 11.8 Å². The van der Waals surface area contributed by atoms with E-state index in [4.69, 9.17) is 17.1 Å². The van der Waals surface area contributed by atoms with Gasteiger partial charge < -0.3 is 0 Å². The Bertz CT molecular complexity index is 647. The molecule has 1 unspecified atom stereocenters. The summed E-state index contributed by atoms with van der Waals surface area (Å²) in [4.78, 5) is 2.84. The molecule has 0 fully saturated rings. The van der Waals surface area contributed by atoms with Crippen LogP contribution in [-0.4, -0.2) is 0 Å². The minimum Gasteiger partial charge on any atom is -0.0843 e. The Morgan fingerprint density at radius 3 is 2.37 bits per heavy atom. The highest BCUT2D eigenvalue weighted by atomic mass is 35.5. The standard InChI is InChI=1S/C15H10ClN3/c16-14-9-6-12(7-10-14)8-11-15(18-19-17)13-4-2-1-3-5-13/h1-7,9-10,15H. The lowest BCUT2D eigenvalue weighted by Crippen LogP contribution is -1.90. The Balaban J connectivity index is 2.28. The fourth-order valence-electron chi connectivity index (χ4n) is 1.55. The summed E-state index contributed by atoms with van der Waals surface area (Å²) in [7, 11) is 0. The quantitative estimate of drug-likeness (QED) is 0.326. The molecule has 3 nitrogen and oxygen atoms in total. The highest BCUT2D eigenvalue weighted by Gasteiger charge is 2.04. The summed E-state index contributed by atoms with van der Waals surface area (Å²) in [6.07, 6.45) is 0. The second kappa shape index (κ2) is 6.51. The Morgan fingerprint density at radius 2 is 1.74 bits per heavy atom. The fraction of sp³-hybridized carbons (Fsp3) is 0.0667. The maximum Gasteiger partial charge on any atom is 0.124 e. The van der Waals surface area contributed by atoms with Crippen molar-refractivity contribution in [1.82, 2.24) is 0 Å². The second-order valence-corrected chi connectivity index (χ2v) is 4.23. The molecule has 1 atom stereocenters. The van der Waals surface area contributed by atoms with Gasteiger partial charge in [-0.3, -0.25) is 0 Å². The molecule has 0 bridgehead atoms. The average molecular weight is 268 g/mol. The molecule has 92 valence electrons. The molecule has 0 aliphatic carbocycles. The lowest BCUT2D eigenvalue weighted by atomic mass is 10.1. The van der Waals surface area contributed by atoms with E-state index in [-0.39, 0.29) is 0 Å². The van der Waals surface area contributed by atoms with Crippen molar-refractivity contribution in [3.05, 3.63) is 81.2 Å². The maximum absolute atomic E-state index is 8.60. The van der Waals surface area contributed by atoms with Crippen LogP contribution in [0.2, 0.25) is 5.02 Å². The van der Waals surface area contributed by atoms with E-state index in [1.807, 2.05) is 42.5 Å². The van der Waals surface area contributed by atoms with Crippen LogP contribution < -0.4 is 0 Å². The van der Waals surface area contributed by atoms with Crippen molar-refractivity contribution in [3.8, 4) is 11.8 Å². The molecule has 0 saturated carbocycles. The summed E-state index contributed by atoms with van der Waals surface area (Å²) in [5.74, 6) is 5.94. The SMILES string of the molecule is [N-]=[N+]=NC(C#Cc1ccc(Cl)cc1)c1ccccc1. The summed E-state index contributed by atoms with van der Waals surface area (Å²) in [6.45, 7) is 0. The van der Waals surface area contributed by atoms with Crippen molar-refractivity contribution in [2.75, 3.05) is 0 Å². The fourth-order valence-corrected chi connectivity index (χ4v) is 1.68. The van der Waals surface area contributed by atoms with Crippen LogP contribution in [0.25, 0.3) is 10.4 Å². The van der Waals surface area contributed by atoms with Gasteiger partial charge in [0.15, 0.2) is 0 Å². The van der Waals surface area contributed by atoms with Gasteiger partial charge in [-0.05, 0) is 35.4 Å². The van der Waals surface area contributed by atoms with Gasteiger partial charge in [-0.2, -0.15) is 0 Å². The van der Waals surface area contributed by atoms with E-state index < -0.39 is 6.04 Å². The van der Waals surface area contributed by atoms with E-state index >= 15 is 0 Å². The molecule has 2 aromatic carbocycles. The van der Waals surface area contributed by atoms with Gasteiger partial charge >= 0.3 is 0 Å². The van der Waals surface area contributed by atoms with Crippen LogP contribution in [0.15, 0.2) is 59.7 Å².